The van der Waals surface area contributed by atoms with Crippen LogP contribution in [0.5, 0.6) is 0 Å². The van der Waals surface area contributed by atoms with E-state index in [-0.39, 0.29) is 59.1 Å². The Bertz CT molecular complexity index is 159. The Labute approximate surface area is 109 Å². The molecule has 0 aliphatic heterocycles. The molecule has 0 fully saturated rings. The van der Waals surface area contributed by atoms with Crippen molar-refractivity contribution in [3.8, 4) is 0 Å². The molecule has 0 saturated heterocycles. The zero-order valence-electron chi connectivity index (χ0n) is 5.84. The van der Waals surface area contributed by atoms with Crippen LogP contribution < -0.4 is 68.7 Å². The van der Waals surface area contributed by atoms with Crippen molar-refractivity contribution in [2.75, 3.05) is 0 Å². The van der Waals surface area contributed by atoms with Crippen LogP contribution in [-0.2, 0) is 14.9 Å². The fourth-order valence-electron chi connectivity index (χ4n) is 0. The van der Waals surface area contributed by atoms with Gasteiger partial charge in [0, 0.05) is 9.17 Å². The third-order valence-corrected chi connectivity index (χ3v) is 0. The van der Waals surface area contributed by atoms with E-state index in [1.807, 2.05) is 0 Å². The van der Waals surface area contributed by atoms with Crippen LogP contribution in [0.25, 0.3) is 0 Å². The van der Waals surface area contributed by atoms with Gasteiger partial charge in [-0.15, -0.1) is 0 Å². The van der Waals surface area contributed by atoms with E-state index >= 15 is 0 Å². The van der Waals surface area contributed by atoms with Crippen molar-refractivity contribution in [3.63, 3.8) is 0 Å². The van der Waals surface area contributed by atoms with E-state index in [0.717, 1.165) is 0 Å². The van der Waals surface area contributed by atoms with E-state index in [0.29, 0.717) is 0 Å². The maximum absolute atomic E-state index is 8.74. The monoisotopic (exact) mass is 220 g/mol. The van der Waals surface area contributed by atoms with Crippen LogP contribution in [0.15, 0.2) is 0 Å². The maximum atomic E-state index is 8.74. The third-order valence-electron chi connectivity index (χ3n) is 0. The summed E-state index contributed by atoms with van der Waals surface area (Å²) in [6.45, 7) is 0. The minimum atomic E-state index is -4.67. The van der Waals surface area contributed by atoms with Crippen molar-refractivity contribution in [1.82, 2.24) is 0 Å². The molecule has 0 aromatic heterocycles. The molecule has 2 N–H and O–H groups in total. The quantitative estimate of drug-likeness (QED) is 0.305. The molecule has 0 bridgehead atoms. The van der Waals surface area contributed by atoms with E-state index in [9.17, 15) is 0 Å². The molecule has 0 aromatic rings. The number of rotatable bonds is 0. The molecular formula is H2Na2O7SSi. The molecule has 0 aromatic carbocycles. The Kier molecular flexibility index (Phi) is 23.9. The molecule has 11 heavy (non-hydrogen) atoms. The zero-order valence-corrected chi connectivity index (χ0v) is 11.7. The molecule has 7 nitrogen and oxygen atoms in total. The fraction of sp³-hybridized carbons (Fsp3) is 0. The summed E-state index contributed by atoms with van der Waals surface area (Å²) >= 11 is 0. The average Bonchev–Trinajstić information content (AvgIpc) is 1.19. The van der Waals surface area contributed by atoms with E-state index in [1.165, 1.54) is 0 Å². The maximum Gasteiger partial charge on any atom is 1.00 e. The van der Waals surface area contributed by atoms with Gasteiger partial charge in [0.25, 0.3) is 0 Å². The first-order valence-corrected chi connectivity index (χ1v) is 3.93. The summed E-state index contributed by atoms with van der Waals surface area (Å²) in [7, 11) is -8.30. The number of hydrogen-bond acceptors (Lipinski definition) is 5. The summed E-state index contributed by atoms with van der Waals surface area (Å²) in [6, 6.07) is 0. The standard InChI is InChI=1S/2Na.H2O4S.O3Si/c;;1-5(2,3)4;1-4(2)3/h;;(H2,1,2,3,4);/q2*+1;;-2. The molecule has 0 unspecified atom stereocenters. The van der Waals surface area contributed by atoms with Gasteiger partial charge in [-0.1, -0.05) is 0 Å². The fourth-order valence-corrected chi connectivity index (χ4v) is 0. The van der Waals surface area contributed by atoms with Crippen LogP contribution in [0.1, 0.15) is 0 Å². The molecule has 0 aliphatic carbocycles. The Morgan fingerprint density at radius 2 is 1.09 bits per heavy atom. The largest absolute Gasteiger partial charge is 1.00 e. The van der Waals surface area contributed by atoms with E-state index in [1.54, 1.807) is 0 Å². The van der Waals surface area contributed by atoms with Crippen LogP contribution in [0.4, 0.5) is 0 Å². The van der Waals surface area contributed by atoms with Crippen LogP contribution in [0, 0.1) is 0 Å². The van der Waals surface area contributed by atoms with E-state index < -0.39 is 19.6 Å². The van der Waals surface area contributed by atoms with Crippen molar-refractivity contribution in [3.05, 3.63) is 0 Å². The molecule has 0 amide bonds. The first-order valence-electron chi connectivity index (χ1n) is 1.31. The van der Waals surface area contributed by atoms with Crippen molar-refractivity contribution >= 4 is 19.6 Å². The van der Waals surface area contributed by atoms with E-state index in [2.05, 4.69) is 0 Å². The summed E-state index contributed by atoms with van der Waals surface area (Å²) in [5.74, 6) is 0. The van der Waals surface area contributed by atoms with Crippen molar-refractivity contribution in [2.45, 2.75) is 0 Å². The molecule has 0 rings (SSSR count). The molecule has 0 radical (unpaired) electrons. The molecular weight excluding hydrogens is 218 g/mol. The van der Waals surface area contributed by atoms with Crippen molar-refractivity contribution < 1.29 is 90.7 Å². The van der Waals surface area contributed by atoms with Gasteiger partial charge in [0.05, 0.1) is 0 Å². The molecule has 0 heterocycles. The summed E-state index contributed by atoms with van der Waals surface area (Å²) in [6.07, 6.45) is 0. The van der Waals surface area contributed by atoms with Crippen LogP contribution in [-0.4, -0.2) is 26.7 Å². The molecule has 56 valence electrons. The zero-order chi connectivity index (χ0) is 8.08. The van der Waals surface area contributed by atoms with Gasteiger partial charge in [0.1, 0.15) is 0 Å². The summed E-state index contributed by atoms with van der Waals surface area (Å²) in [4.78, 5) is 17.0. The van der Waals surface area contributed by atoms with Gasteiger partial charge < -0.3 is 14.1 Å². The minimum absolute atomic E-state index is 0. The third kappa shape index (κ3) is 468. The summed E-state index contributed by atoms with van der Waals surface area (Å²) in [5.41, 5.74) is 0. The summed E-state index contributed by atoms with van der Waals surface area (Å²) < 4.78 is 40.1. The second kappa shape index (κ2) is 11.5. The molecule has 0 atom stereocenters. The van der Waals surface area contributed by atoms with Gasteiger partial charge in [0.15, 0.2) is 0 Å². The minimum Gasteiger partial charge on any atom is -0.672 e. The normalized spacial score (nSPS) is 7.45. The SMILES string of the molecule is O=S(=O)(O)O.O=[Si]([O-])[O-].[Na+].[Na+]. The van der Waals surface area contributed by atoms with Crippen LogP contribution >= 0.6 is 0 Å². The van der Waals surface area contributed by atoms with Crippen LogP contribution in [0.3, 0.4) is 0 Å². The van der Waals surface area contributed by atoms with Gasteiger partial charge in [0.2, 0.25) is 0 Å². The Morgan fingerprint density at radius 1 is 1.09 bits per heavy atom. The Hall–Kier alpha value is 1.49. The van der Waals surface area contributed by atoms with Gasteiger partial charge in [-0.3, -0.25) is 9.11 Å². The Morgan fingerprint density at radius 3 is 1.09 bits per heavy atom. The molecule has 0 saturated carbocycles. The first-order chi connectivity index (χ1) is 3.73. The van der Waals surface area contributed by atoms with E-state index in [4.69, 9.17) is 31.6 Å². The van der Waals surface area contributed by atoms with Crippen molar-refractivity contribution in [1.29, 1.82) is 0 Å². The molecule has 0 spiro atoms. The molecule has 0 aliphatic rings. The smallest absolute Gasteiger partial charge is 0.672 e. The summed E-state index contributed by atoms with van der Waals surface area (Å²) in [5, 5.41) is 0. The van der Waals surface area contributed by atoms with Gasteiger partial charge in [-0.05, 0) is 0 Å². The predicted molar refractivity (Wildman–Crippen MR) is 20.6 cm³/mol. The predicted octanol–water partition coefficient (Wildman–Crippen LogP) is -9.52. The van der Waals surface area contributed by atoms with Crippen molar-refractivity contribution in [2.24, 2.45) is 0 Å². The average molecular weight is 220 g/mol. The molecule has 11 heteroatoms. The first kappa shape index (κ1) is 22.9. The second-order valence-electron chi connectivity index (χ2n) is 0.698. The Balaban J connectivity index is -0.0000000383. The number of hydrogen-bond donors (Lipinski definition) is 2. The van der Waals surface area contributed by atoms with Gasteiger partial charge in [-0.2, -0.15) is 8.42 Å². The van der Waals surface area contributed by atoms with Gasteiger partial charge >= 0.3 is 69.5 Å². The topological polar surface area (TPSA) is 138 Å². The van der Waals surface area contributed by atoms with Gasteiger partial charge in [-0.25, -0.2) is 0 Å². The second-order valence-corrected chi connectivity index (χ2v) is 2.09. The van der Waals surface area contributed by atoms with Crippen LogP contribution in [0.2, 0.25) is 0 Å².